The van der Waals surface area contributed by atoms with Gasteiger partial charge in [0, 0.05) is 21.9 Å². The molecule has 2 aromatic heterocycles. The van der Waals surface area contributed by atoms with Crippen molar-refractivity contribution in [2.24, 2.45) is 0 Å². The third kappa shape index (κ3) is 2.98. The van der Waals surface area contributed by atoms with Crippen LogP contribution in [-0.4, -0.2) is 21.5 Å². The van der Waals surface area contributed by atoms with Gasteiger partial charge in [-0.05, 0) is 50.3 Å². The minimum atomic E-state index is 0.888. The van der Waals surface area contributed by atoms with Crippen LogP contribution in [0.1, 0.15) is 32.1 Å². The second kappa shape index (κ2) is 6.32. The molecule has 5 heteroatoms. The van der Waals surface area contributed by atoms with Gasteiger partial charge in [-0.25, -0.2) is 9.97 Å². The summed E-state index contributed by atoms with van der Waals surface area (Å²) in [7, 11) is 0. The van der Waals surface area contributed by atoms with Crippen molar-refractivity contribution in [1.82, 2.24) is 15.0 Å². The van der Waals surface area contributed by atoms with Gasteiger partial charge in [0.05, 0.1) is 0 Å². The van der Waals surface area contributed by atoms with Crippen LogP contribution in [0.3, 0.4) is 0 Å². The lowest BCUT2D eigenvalue weighted by atomic mass is 9.97. The molecular formula is C18H19BrN4. The first-order chi connectivity index (χ1) is 11.3. The number of fused-ring (bicyclic) bond motifs is 3. The number of hydrogen-bond acceptors (Lipinski definition) is 3. The van der Waals surface area contributed by atoms with E-state index in [0.29, 0.717) is 0 Å². The topological polar surface area (TPSA) is 53.6 Å². The molecule has 4 nitrogen and oxygen atoms in total. The summed E-state index contributed by atoms with van der Waals surface area (Å²) in [5, 5.41) is 4.60. The molecule has 0 bridgehead atoms. The molecule has 0 fully saturated rings. The van der Waals surface area contributed by atoms with Crippen LogP contribution in [-0.2, 0) is 0 Å². The zero-order chi connectivity index (χ0) is 15.6. The Hall–Kier alpha value is -1.88. The first kappa shape index (κ1) is 14.7. The highest BCUT2D eigenvalue weighted by molar-refractivity contribution is 9.10. The van der Waals surface area contributed by atoms with Crippen molar-refractivity contribution in [2.45, 2.75) is 32.1 Å². The van der Waals surface area contributed by atoms with E-state index in [1.54, 1.807) is 11.9 Å². The molecule has 4 rings (SSSR count). The number of H-pyrrole nitrogens is 1. The normalized spacial score (nSPS) is 15.1. The molecule has 23 heavy (non-hydrogen) atoms. The number of nitrogens with one attached hydrogen (secondary N) is 2. The van der Waals surface area contributed by atoms with Gasteiger partial charge in [-0.3, -0.25) is 0 Å². The van der Waals surface area contributed by atoms with Crippen molar-refractivity contribution in [1.29, 1.82) is 0 Å². The summed E-state index contributed by atoms with van der Waals surface area (Å²) in [6, 6.07) is 6.20. The van der Waals surface area contributed by atoms with Crippen molar-refractivity contribution >= 4 is 43.7 Å². The van der Waals surface area contributed by atoms with Crippen LogP contribution in [0.25, 0.3) is 21.9 Å². The summed E-state index contributed by atoms with van der Waals surface area (Å²) in [6.45, 7) is 0.914. The predicted molar refractivity (Wildman–Crippen MR) is 98.8 cm³/mol. The molecular weight excluding hydrogens is 352 g/mol. The maximum absolute atomic E-state index is 4.45. The van der Waals surface area contributed by atoms with E-state index in [2.05, 4.69) is 54.4 Å². The van der Waals surface area contributed by atoms with E-state index in [1.165, 1.54) is 25.7 Å². The van der Waals surface area contributed by atoms with Gasteiger partial charge in [0.15, 0.2) is 5.82 Å². The van der Waals surface area contributed by atoms with Crippen LogP contribution in [0, 0.1) is 0 Å². The van der Waals surface area contributed by atoms with E-state index < -0.39 is 0 Å². The van der Waals surface area contributed by atoms with E-state index >= 15 is 0 Å². The Bertz CT molecular complexity index is 881. The quantitative estimate of drug-likeness (QED) is 0.622. The Labute approximate surface area is 143 Å². The maximum Gasteiger partial charge on any atom is 0.153 e. The largest absolute Gasteiger partial charge is 0.368 e. The van der Waals surface area contributed by atoms with Gasteiger partial charge >= 0.3 is 0 Å². The SMILES string of the molecule is Brc1ccc2[nH]c3c(NCCC4=CCCCC4)ncnc3c2c1. The summed E-state index contributed by atoms with van der Waals surface area (Å²) >= 11 is 3.53. The number of nitrogens with zero attached hydrogens (tertiary/aromatic N) is 2. The second-order valence-corrected chi connectivity index (χ2v) is 6.96. The Morgan fingerprint density at radius 1 is 1.22 bits per heavy atom. The second-order valence-electron chi connectivity index (χ2n) is 6.05. The van der Waals surface area contributed by atoms with Crippen LogP contribution >= 0.6 is 15.9 Å². The molecule has 1 aromatic carbocycles. The summed E-state index contributed by atoms with van der Waals surface area (Å²) in [4.78, 5) is 12.3. The fraction of sp³-hybridized carbons (Fsp3) is 0.333. The van der Waals surface area contributed by atoms with Crippen LogP contribution < -0.4 is 5.32 Å². The number of anilines is 1. The standard InChI is InChI=1S/C18H19BrN4/c19-13-6-7-15-14(10-13)16-17(23-15)18(22-11-21-16)20-9-8-12-4-2-1-3-5-12/h4,6-7,10-11,23H,1-3,5,8-9H2,(H,20,21,22). The average molecular weight is 371 g/mol. The van der Waals surface area contributed by atoms with Crippen molar-refractivity contribution in [3.8, 4) is 0 Å². The summed E-state index contributed by atoms with van der Waals surface area (Å²) in [5.74, 6) is 0.888. The average Bonchev–Trinajstić information content (AvgIpc) is 2.95. The Balaban J connectivity index is 1.59. The van der Waals surface area contributed by atoms with Crippen LogP contribution in [0.4, 0.5) is 5.82 Å². The van der Waals surface area contributed by atoms with E-state index in [1.807, 2.05) is 6.07 Å². The first-order valence-corrected chi connectivity index (χ1v) is 8.94. The molecule has 0 spiro atoms. The molecule has 0 saturated carbocycles. The highest BCUT2D eigenvalue weighted by Crippen LogP contribution is 2.29. The van der Waals surface area contributed by atoms with Gasteiger partial charge in [0.2, 0.25) is 0 Å². The van der Waals surface area contributed by atoms with Crippen molar-refractivity contribution in [2.75, 3.05) is 11.9 Å². The molecule has 0 atom stereocenters. The van der Waals surface area contributed by atoms with E-state index in [-0.39, 0.29) is 0 Å². The zero-order valence-corrected chi connectivity index (χ0v) is 14.5. The van der Waals surface area contributed by atoms with Crippen molar-refractivity contribution in [3.05, 3.63) is 40.6 Å². The Morgan fingerprint density at radius 3 is 3.04 bits per heavy atom. The highest BCUT2D eigenvalue weighted by Gasteiger charge is 2.11. The minimum absolute atomic E-state index is 0.888. The third-order valence-corrected chi connectivity index (χ3v) is 4.96. The fourth-order valence-electron chi connectivity index (χ4n) is 3.27. The van der Waals surface area contributed by atoms with E-state index in [0.717, 1.165) is 45.2 Å². The van der Waals surface area contributed by atoms with E-state index in [4.69, 9.17) is 0 Å². The molecule has 1 aliphatic rings. The van der Waals surface area contributed by atoms with Crippen molar-refractivity contribution in [3.63, 3.8) is 0 Å². The number of aromatic nitrogens is 3. The lowest BCUT2D eigenvalue weighted by Crippen LogP contribution is -2.06. The fourth-order valence-corrected chi connectivity index (χ4v) is 3.63. The Morgan fingerprint density at radius 2 is 2.17 bits per heavy atom. The Kier molecular flexibility index (Phi) is 4.04. The van der Waals surface area contributed by atoms with Gasteiger partial charge in [0.25, 0.3) is 0 Å². The molecule has 2 heterocycles. The third-order valence-electron chi connectivity index (χ3n) is 4.47. The molecule has 1 aliphatic carbocycles. The summed E-state index contributed by atoms with van der Waals surface area (Å²) in [6.07, 6.45) is 10.3. The summed E-state index contributed by atoms with van der Waals surface area (Å²) < 4.78 is 1.06. The number of benzene rings is 1. The van der Waals surface area contributed by atoms with Gasteiger partial charge < -0.3 is 10.3 Å². The highest BCUT2D eigenvalue weighted by atomic mass is 79.9. The van der Waals surface area contributed by atoms with Gasteiger partial charge in [-0.2, -0.15) is 0 Å². The minimum Gasteiger partial charge on any atom is -0.368 e. The lowest BCUT2D eigenvalue weighted by molar-refractivity contribution is 0.679. The van der Waals surface area contributed by atoms with E-state index in [9.17, 15) is 0 Å². The van der Waals surface area contributed by atoms with Crippen LogP contribution in [0.2, 0.25) is 0 Å². The van der Waals surface area contributed by atoms with Crippen molar-refractivity contribution < 1.29 is 0 Å². The molecule has 118 valence electrons. The number of allylic oxidation sites excluding steroid dienone is 1. The lowest BCUT2D eigenvalue weighted by Gasteiger charge is -2.13. The number of aromatic amines is 1. The van der Waals surface area contributed by atoms with Gasteiger partial charge in [-0.15, -0.1) is 0 Å². The molecule has 0 saturated heterocycles. The number of halogens is 1. The predicted octanol–water partition coefficient (Wildman–Crippen LogP) is 5.18. The maximum atomic E-state index is 4.45. The van der Waals surface area contributed by atoms with Gasteiger partial charge in [-0.1, -0.05) is 27.6 Å². The van der Waals surface area contributed by atoms with Gasteiger partial charge in [0.1, 0.15) is 17.4 Å². The zero-order valence-electron chi connectivity index (χ0n) is 12.9. The summed E-state index contributed by atoms with van der Waals surface area (Å²) in [5.41, 5.74) is 4.62. The molecule has 0 amide bonds. The number of hydrogen-bond donors (Lipinski definition) is 2. The monoisotopic (exact) mass is 370 g/mol. The molecule has 0 unspecified atom stereocenters. The molecule has 2 N–H and O–H groups in total. The first-order valence-electron chi connectivity index (χ1n) is 8.15. The number of rotatable bonds is 4. The smallest absolute Gasteiger partial charge is 0.153 e. The van der Waals surface area contributed by atoms with Crippen LogP contribution in [0.15, 0.2) is 40.6 Å². The van der Waals surface area contributed by atoms with Crippen LogP contribution in [0.5, 0.6) is 0 Å². The molecule has 0 aliphatic heterocycles. The molecule has 3 aromatic rings. The molecule has 0 radical (unpaired) electrons.